The van der Waals surface area contributed by atoms with Crippen LogP contribution < -0.4 is 4.74 Å². The molecule has 100 valence electrons. The number of rotatable bonds is 4. The molecule has 0 unspecified atom stereocenters. The fraction of sp³-hybridized carbons (Fsp3) is 0.333. The molecule has 0 fully saturated rings. The van der Waals surface area contributed by atoms with Crippen LogP contribution in [0.3, 0.4) is 0 Å². The lowest BCUT2D eigenvalue weighted by atomic mass is 10.2. The summed E-state index contributed by atoms with van der Waals surface area (Å²) in [6.45, 7) is 2.15. The highest BCUT2D eigenvalue weighted by Crippen LogP contribution is 2.09. The van der Waals surface area contributed by atoms with E-state index in [2.05, 4.69) is 20.2 Å². The minimum atomic E-state index is -0.141. The van der Waals surface area contributed by atoms with Crippen LogP contribution in [0.25, 0.3) is 0 Å². The Balaban J connectivity index is 2.05. The van der Waals surface area contributed by atoms with Crippen molar-refractivity contribution in [2.75, 3.05) is 14.2 Å². The smallest absolute Gasteiger partial charge is 0.255 e. The third kappa shape index (κ3) is 3.06. The van der Waals surface area contributed by atoms with E-state index in [4.69, 9.17) is 4.74 Å². The summed E-state index contributed by atoms with van der Waals surface area (Å²) in [5.41, 5.74) is 0.496. The maximum atomic E-state index is 12.1. The molecule has 0 aromatic carbocycles. The number of H-pyrrole nitrogens is 1. The van der Waals surface area contributed by atoms with Gasteiger partial charge in [0.15, 0.2) is 5.82 Å². The molecule has 19 heavy (non-hydrogen) atoms. The quantitative estimate of drug-likeness (QED) is 0.879. The zero-order valence-electron chi connectivity index (χ0n) is 11.0. The highest BCUT2D eigenvalue weighted by atomic mass is 16.5. The number of amides is 1. The van der Waals surface area contributed by atoms with Gasteiger partial charge in [-0.1, -0.05) is 0 Å². The lowest BCUT2D eigenvalue weighted by Gasteiger charge is -2.15. The third-order valence-electron chi connectivity index (χ3n) is 2.56. The minimum Gasteiger partial charge on any atom is -0.481 e. The Bertz CT molecular complexity index is 564. The number of carbonyl (C=O) groups is 1. The van der Waals surface area contributed by atoms with Crippen LogP contribution in [0, 0.1) is 6.92 Å². The first-order valence-corrected chi connectivity index (χ1v) is 5.73. The number of aryl methyl sites for hydroxylation is 1. The molecule has 0 radical (unpaired) electrons. The van der Waals surface area contributed by atoms with Gasteiger partial charge in [-0.15, -0.1) is 0 Å². The summed E-state index contributed by atoms with van der Waals surface area (Å²) in [5.74, 6) is 1.64. The molecule has 2 rings (SSSR count). The fourth-order valence-corrected chi connectivity index (χ4v) is 1.59. The standard InChI is InChI=1S/C12H15N5O2/c1-8-14-10(16-15-8)7-17(2)12(18)9-4-5-11(19-3)13-6-9/h4-6H,7H2,1-3H3,(H,14,15,16). The SMILES string of the molecule is COc1ccc(C(=O)N(C)Cc2n[nH]c(C)n2)cn1. The van der Waals surface area contributed by atoms with Crippen molar-refractivity contribution in [2.24, 2.45) is 0 Å². The second kappa shape index (κ2) is 5.47. The Kier molecular flexibility index (Phi) is 3.74. The Hall–Kier alpha value is -2.44. The number of hydrogen-bond acceptors (Lipinski definition) is 5. The first-order valence-electron chi connectivity index (χ1n) is 5.73. The molecule has 2 aromatic rings. The van der Waals surface area contributed by atoms with Crippen molar-refractivity contribution < 1.29 is 9.53 Å². The number of methoxy groups -OCH3 is 1. The molecule has 0 bridgehead atoms. The van der Waals surface area contributed by atoms with Gasteiger partial charge >= 0.3 is 0 Å². The molecule has 7 heteroatoms. The van der Waals surface area contributed by atoms with E-state index in [9.17, 15) is 4.79 Å². The Morgan fingerprint density at radius 3 is 2.79 bits per heavy atom. The molecule has 0 saturated heterocycles. The van der Waals surface area contributed by atoms with Gasteiger partial charge in [0, 0.05) is 19.3 Å². The molecular weight excluding hydrogens is 246 g/mol. The lowest BCUT2D eigenvalue weighted by molar-refractivity contribution is 0.0781. The van der Waals surface area contributed by atoms with E-state index in [0.29, 0.717) is 23.8 Å². The summed E-state index contributed by atoms with van der Waals surface area (Å²) in [4.78, 5) is 21.8. The number of carbonyl (C=O) groups excluding carboxylic acids is 1. The zero-order valence-corrected chi connectivity index (χ0v) is 11.0. The van der Waals surface area contributed by atoms with Gasteiger partial charge in [0.2, 0.25) is 5.88 Å². The number of nitrogens with zero attached hydrogens (tertiary/aromatic N) is 4. The summed E-state index contributed by atoms with van der Waals surface area (Å²) in [5, 5.41) is 6.73. The van der Waals surface area contributed by atoms with Crippen LogP contribution in [0.1, 0.15) is 22.0 Å². The minimum absolute atomic E-state index is 0.141. The highest BCUT2D eigenvalue weighted by molar-refractivity contribution is 5.93. The van der Waals surface area contributed by atoms with Crippen LogP contribution in [-0.4, -0.2) is 45.1 Å². The van der Waals surface area contributed by atoms with Gasteiger partial charge in [0.25, 0.3) is 5.91 Å². The predicted octanol–water partition coefficient (Wildman–Crippen LogP) is 0.789. The van der Waals surface area contributed by atoms with Crippen molar-refractivity contribution in [3.8, 4) is 5.88 Å². The highest BCUT2D eigenvalue weighted by Gasteiger charge is 2.14. The first-order chi connectivity index (χ1) is 9.10. The van der Waals surface area contributed by atoms with Crippen molar-refractivity contribution in [3.63, 3.8) is 0 Å². The summed E-state index contributed by atoms with van der Waals surface area (Å²) >= 11 is 0. The number of nitrogens with one attached hydrogen (secondary N) is 1. The van der Waals surface area contributed by atoms with E-state index in [1.54, 1.807) is 19.2 Å². The molecule has 2 aromatic heterocycles. The molecule has 2 heterocycles. The van der Waals surface area contributed by atoms with Crippen LogP contribution >= 0.6 is 0 Å². The van der Waals surface area contributed by atoms with Crippen molar-refractivity contribution in [2.45, 2.75) is 13.5 Å². The molecule has 0 aliphatic heterocycles. The van der Waals surface area contributed by atoms with Gasteiger partial charge in [-0.3, -0.25) is 9.89 Å². The average molecular weight is 261 g/mol. The Morgan fingerprint density at radius 2 is 2.26 bits per heavy atom. The summed E-state index contributed by atoms with van der Waals surface area (Å²) in [6, 6.07) is 3.33. The average Bonchev–Trinajstić information content (AvgIpc) is 2.83. The maximum Gasteiger partial charge on any atom is 0.255 e. The molecule has 0 atom stereocenters. The van der Waals surface area contributed by atoms with E-state index in [0.717, 1.165) is 5.82 Å². The molecule has 7 nitrogen and oxygen atoms in total. The van der Waals surface area contributed by atoms with Crippen molar-refractivity contribution in [3.05, 3.63) is 35.5 Å². The molecule has 0 saturated carbocycles. The molecule has 0 aliphatic carbocycles. The van der Waals surface area contributed by atoms with E-state index < -0.39 is 0 Å². The third-order valence-corrected chi connectivity index (χ3v) is 2.56. The van der Waals surface area contributed by atoms with Gasteiger partial charge in [-0.25, -0.2) is 9.97 Å². The van der Waals surface area contributed by atoms with E-state index in [1.165, 1.54) is 18.2 Å². The second-order valence-corrected chi connectivity index (χ2v) is 4.09. The van der Waals surface area contributed by atoms with Crippen LogP contribution in [0.15, 0.2) is 18.3 Å². The van der Waals surface area contributed by atoms with E-state index in [1.807, 2.05) is 6.92 Å². The van der Waals surface area contributed by atoms with Gasteiger partial charge < -0.3 is 9.64 Å². The van der Waals surface area contributed by atoms with Crippen LogP contribution in [0.2, 0.25) is 0 Å². The van der Waals surface area contributed by atoms with Gasteiger partial charge in [-0.05, 0) is 13.0 Å². The van der Waals surface area contributed by atoms with E-state index in [-0.39, 0.29) is 5.91 Å². The number of aromatic amines is 1. The number of hydrogen-bond donors (Lipinski definition) is 1. The number of aromatic nitrogens is 4. The topological polar surface area (TPSA) is 84.0 Å². The zero-order chi connectivity index (χ0) is 13.8. The molecular formula is C12H15N5O2. The largest absolute Gasteiger partial charge is 0.481 e. The first kappa shape index (κ1) is 13.0. The lowest BCUT2D eigenvalue weighted by Crippen LogP contribution is -2.26. The van der Waals surface area contributed by atoms with Crippen molar-refractivity contribution in [1.82, 2.24) is 25.1 Å². The normalized spacial score (nSPS) is 10.3. The van der Waals surface area contributed by atoms with Gasteiger partial charge in [-0.2, -0.15) is 5.10 Å². The maximum absolute atomic E-state index is 12.1. The molecule has 1 amide bonds. The van der Waals surface area contributed by atoms with Gasteiger partial charge in [0.05, 0.1) is 19.2 Å². The molecule has 0 aliphatic rings. The summed E-state index contributed by atoms with van der Waals surface area (Å²) in [6.07, 6.45) is 1.49. The van der Waals surface area contributed by atoms with E-state index >= 15 is 0 Å². The second-order valence-electron chi connectivity index (χ2n) is 4.09. The molecule has 0 spiro atoms. The number of pyridine rings is 1. The summed E-state index contributed by atoms with van der Waals surface area (Å²) in [7, 11) is 3.22. The predicted molar refractivity (Wildman–Crippen MR) is 67.7 cm³/mol. The van der Waals surface area contributed by atoms with Crippen LogP contribution in [-0.2, 0) is 6.54 Å². The fourth-order valence-electron chi connectivity index (χ4n) is 1.59. The number of ether oxygens (including phenoxy) is 1. The molecule has 1 N–H and O–H groups in total. The Morgan fingerprint density at radius 1 is 1.47 bits per heavy atom. The van der Waals surface area contributed by atoms with Crippen LogP contribution in [0.4, 0.5) is 0 Å². The van der Waals surface area contributed by atoms with Crippen molar-refractivity contribution >= 4 is 5.91 Å². The Labute approximate surface area is 110 Å². The van der Waals surface area contributed by atoms with Crippen molar-refractivity contribution in [1.29, 1.82) is 0 Å². The van der Waals surface area contributed by atoms with Gasteiger partial charge in [0.1, 0.15) is 5.82 Å². The summed E-state index contributed by atoms with van der Waals surface area (Å²) < 4.78 is 4.95. The monoisotopic (exact) mass is 261 g/mol. The van der Waals surface area contributed by atoms with Crippen LogP contribution in [0.5, 0.6) is 5.88 Å².